The van der Waals surface area contributed by atoms with E-state index in [0.717, 1.165) is 5.56 Å². The summed E-state index contributed by atoms with van der Waals surface area (Å²) in [5.41, 5.74) is 0.925. The Kier molecular flexibility index (Phi) is 4.68. The maximum Gasteiger partial charge on any atom is 0.243 e. The number of benzene rings is 1. The van der Waals surface area contributed by atoms with Crippen LogP contribution < -0.4 is 0 Å². The summed E-state index contributed by atoms with van der Waals surface area (Å²) in [4.78, 5) is 13.8. The van der Waals surface area contributed by atoms with Crippen LogP contribution >= 0.6 is 0 Å². The highest BCUT2D eigenvalue weighted by Gasteiger charge is 2.32. The molecule has 1 heterocycles. The van der Waals surface area contributed by atoms with Crippen LogP contribution in [-0.2, 0) is 14.8 Å². The van der Waals surface area contributed by atoms with Gasteiger partial charge in [0.05, 0.1) is 4.90 Å². The van der Waals surface area contributed by atoms with Gasteiger partial charge in [0.25, 0.3) is 0 Å². The van der Waals surface area contributed by atoms with Crippen LogP contribution in [0.5, 0.6) is 0 Å². The molecule has 5 nitrogen and oxygen atoms in total. The molecule has 1 saturated heterocycles. The molecule has 1 aromatic rings. The number of aryl methyl sites for hydroxylation is 1. The van der Waals surface area contributed by atoms with Crippen molar-refractivity contribution >= 4 is 15.9 Å². The second-order valence-electron chi connectivity index (χ2n) is 5.73. The van der Waals surface area contributed by atoms with E-state index in [1.54, 1.807) is 37.2 Å². The topological polar surface area (TPSA) is 57.7 Å². The summed E-state index contributed by atoms with van der Waals surface area (Å²) in [7, 11) is 0.0232. The zero-order valence-electron chi connectivity index (χ0n) is 12.7. The number of amides is 1. The van der Waals surface area contributed by atoms with Crippen molar-refractivity contribution in [3.63, 3.8) is 0 Å². The highest BCUT2D eigenvalue weighted by molar-refractivity contribution is 7.89. The van der Waals surface area contributed by atoms with Crippen LogP contribution in [0.1, 0.15) is 18.4 Å². The molecule has 2 rings (SSSR count). The van der Waals surface area contributed by atoms with Crippen molar-refractivity contribution in [2.45, 2.75) is 24.7 Å². The van der Waals surface area contributed by atoms with E-state index < -0.39 is 10.0 Å². The third kappa shape index (κ3) is 3.44. The number of carbonyl (C=O) groups is 1. The minimum Gasteiger partial charge on any atom is -0.349 e. The van der Waals surface area contributed by atoms with Gasteiger partial charge in [0, 0.05) is 33.1 Å². The van der Waals surface area contributed by atoms with E-state index in [0.29, 0.717) is 30.8 Å². The molecule has 0 N–H and O–H groups in total. The zero-order valence-corrected chi connectivity index (χ0v) is 13.6. The van der Waals surface area contributed by atoms with E-state index in [1.165, 1.54) is 4.31 Å². The molecule has 1 aliphatic heterocycles. The van der Waals surface area contributed by atoms with Gasteiger partial charge < -0.3 is 4.90 Å². The Hall–Kier alpha value is -1.40. The summed E-state index contributed by atoms with van der Waals surface area (Å²) in [5, 5.41) is 0. The predicted molar refractivity (Wildman–Crippen MR) is 81.4 cm³/mol. The molecule has 1 aromatic carbocycles. The summed E-state index contributed by atoms with van der Waals surface area (Å²) < 4.78 is 26.6. The van der Waals surface area contributed by atoms with Crippen molar-refractivity contribution in [3.8, 4) is 0 Å². The number of sulfonamides is 1. The lowest BCUT2D eigenvalue weighted by Gasteiger charge is -2.31. The minimum atomic E-state index is -3.45. The van der Waals surface area contributed by atoms with E-state index in [4.69, 9.17) is 0 Å². The third-order valence-corrected chi connectivity index (χ3v) is 5.77. The van der Waals surface area contributed by atoms with Crippen molar-refractivity contribution in [1.29, 1.82) is 0 Å². The monoisotopic (exact) mass is 310 g/mol. The fraction of sp³-hybridized carbons (Fsp3) is 0.533. The SMILES string of the molecule is Cc1cccc(S(=O)(=O)N2CCC(C(=O)N(C)C)CC2)c1. The molecule has 1 amide bonds. The summed E-state index contributed by atoms with van der Waals surface area (Å²) in [6.45, 7) is 2.68. The lowest BCUT2D eigenvalue weighted by atomic mass is 9.97. The molecule has 6 heteroatoms. The second-order valence-corrected chi connectivity index (χ2v) is 7.67. The third-order valence-electron chi connectivity index (χ3n) is 3.87. The van der Waals surface area contributed by atoms with Crippen LogP contribution in [0.2, 0.25) is 0 Å². The Balaban J connectivity index is 2.10. The summed E-state index contributed by atoms with van der Waals surface area (Å²) in [6, 6.07) is 6.94. The van der Waals surface area contributed by atoms with E-state index in [1.807, 2.05) is 13.0 Å². The summed E-state index contributed by atoms with van der Waals surface area (Å²) >= 11 is 0. The Morgan fingerprint density at radius 1 is 1.24 bits per heavy atom. The lowest BCUT2D eigenvalue weighted by molar-refractivity contribution is -0.134. The van der Waals surface area contributed by atoms with Crippen LogP contribution in [-0.4, -0.2) is 50.7 Å². The minimum absolute atomic E-state index is 0.0658. The molecule has 116 valence electrons. The number of hydrogen-bond donors (Lipinski definition) is 0. The van der Waals surface area contributed by atoms with Crippen molar-refractivity contribution in [2.75, 3.05) is 27.2 Å². The maximum atomic E-state index is 12.6. The molecule has 0 aliphatic carbocycles. The highest BCUT2D eigenvalue weighted by atomic mass is 32.2. The molecule has 0 aromatic heterocycles. The molecule has 1 fully saturated rings. The van der Waals surface area contributed by atoms with Gasteiger partial charge in [-0.15, -0.1) is 0 Å². The molecule has 0 bridgehead atoms. The van der Waals surface area contributed by atoms with Gasteiger partial charge in [-0.1, -0.05) is 12.1 Å². The van der Waals surface area contributed by atoms with Crippen LogP contribution in [0.4, 0.5) is 0 Å². The molecule has 21 heavy (non-hydrogen) atoms. The first-order valence-electron chi connectivity index (χ1n) is 7.10. The van der Waals surface area contributed by atoms with Crippen molar-refractivity contribution in [3.05, 3.63) is 29.8 Å². The molecule has 0 spiro atoms. The van der Waals surface area contributed by atoms with E-state index in [2.05, 4.69) is 0 Å². The number of piperidine rings is 1. The molecule has 1 aliphatic rings. The largest absolute Gasteiger partial charge is 0.349 e. The first kappa shape index (κ1) is 16.0. The van der Waals surface area contributed by atoms with Gasteiger partial charge in [0.2, 0.25) is 15.9 Å². The van der Waals surface area contributed by atoms with Gasteiger partial charge in [-0.2, -0.15) is 4.31 Å². The Labute approximate surface area is 126 Å². The molecular formula is C15H22N2O3S. The molecule has 0 unspecified atom stereocenters. The van der Waals surface area contributed by atoms with Gasteiger partial charge in [-0.25, -0.2) is 8.42 Å². The fourth-order valence-corrected chi connectivity index (χ4v) is 4.21. The first-order valence-corrected chi connectivity index (χ1v) is 8.54. The van der Waals surface area contributed by atoms with Crippen molar-refractivity contribution in [2.24, 2.45) is 5.92 Å². The van der Waals surface area contributed by atoms with Crippen LogP contribution in [0.3, 0.4) is 0 Å². The van der Waals surface area contributed by atoms with E-state index in [9.17, 15) is 13.2 Å². The number of rotatable bonds is 3. The number of nitrogens with zero attached hydrogens (tertiary/aromatic N) is 2. The standard InChI is InChI=1S/C15H22N2O3S/c1-12-5-4-6-14(11-12)21(19,20)17-9-7-13(8-10-17)15(18)16(2)3/h4-6,11,13H,7-10H2,1-3H3. The fourth-order valence-electron chi connectivity index (χ4n) is 2.63. The molecular weight excluding hydrogens is 288 g/mol. The van der Waals surface area contributed by atoms with Gasteiger partial charge in [0.15, 0.2) is 0 Å². The Morgan fingerprint density at radius 2 is 1.86 bits per heavy atom. The molecule has 0 saturated carbocycles. The van der Waals surface area contributed by atoms with Gasteiger partial charge >= 0.3 is 0 Å². The van der Waals surface area contributed by atoms with E-state index in [-0.39, 0.29) is 11.8 Å². The Bertz CT molecular complexity index is 618. The quantitative estimate of drug-likeness (QED) is 0.850. The van der Waals surface area contributed by atoms with Crippen LogP contribution in [0.25, 0.3) is 0 Å². The smallest absolute Gasteiger partial charge is 0.243 e. The van der Waals surface area contributed by atoms with Crippen LogP contribution in [0, 0.1) is 12.8 Å². The molecule has 0 atom stereocenters. The van der Waals surface area contributed by atoms with E-state index >= 15 is 0 Å². The lowest BCUT2D eigenvalue weighted by Crippen LogP contribution is -2.42. The molecule has 0 radical (unpaired) electrons. The van der Waals surface area contributed by atoms with Gasteiger partial charge in [-0.3, -0.25) is 4.79 Å². The number of hydrogen-bond acceptors (Lipinski definition) is 3. The number of carbonyl (C=O) groups excluding carboxylic acids is 1. The predicted octanol–water partition coefficient (Wildman–Crippen LogP) is 1.48. The Morgan fingerprint density at radius 3 is 2.38 bits per heavy atom. The summed E-state index contributed by atoms with van der Waals surface area (Å²) in [5.74, 6) is 0.0200. The zero-order chi connectivity index (χ0) is 15.6. The van der Waals surface area contributed by atoms with Crippen LogP contribution in [0.15, 0.2) is 29.2 Å². The normalized spacial score (nSPS) is 17.7. The summed E-state index contributed by atoms with van der Waals surface area (Å²) in [6.07, 6.45) is 1.17. The average Bonchev–Trinajstić information content (AvgIpc) is 2.46. The van der Waals surface area contributed by atoms with Crippen molar-refractivity contribution in [1.82, 2.24) is 9.21 Å². The van der Waals surface area contributed by atoms with Gasteiger partial charge in [0.1, 0.15) is 0 Å². The average molecular weight is 310 g/mol. The highest BCUT2D eigenvalue weighted by Crippen LogP contribution is 2.25. The van der Waals surface area contributed by atoms with Crippen molar-refractivity contribution < 1.29 is 13.2 Å². The maximum absolute atomic E-state index is 12.6. The second kappa shape index (κ2) is 6.15. The first-order chi connectivity index (χ1) is 9.82. The van der Waals surface area contributed by atoms with Gasteiger partial charge in [-0.05, 0) is 37.5 Å².